The van der Waals surface area contributed by atoms with E-state index in [1.165, 1.54) is 0 Å². The fraction of sp³-hybridized carbons (Fsp3) is 0.424. The van der Waals surface area contributed by atoms with E-state index in [4.69, 9.17) is 14.0 Å². The van der Waals surface area contributed by atoms with Crippen molar-refractivity contribution in [3.63, 3.8) is 0 Å². The van der Waals surface area contributed by atoms with Gasteiger partial charge in [0.15, 0.2) is 5.79 Å². The van der Waals surface area contributed by atoms with Crippen LogP contribution in [0.2, 0.25) is 0 Å². The number of hydrogen-bond acceptors (Lipinski definition) is 9. The Hall–Kier alpha value is -3.06. The summed E-state index contributed by atoms with van der Waals surface area (Å²) in [4.78, 5) is 12.9. The maximum Gasteiger partial charge on any atom is 0.254 e. The third kappa shape index (κ3) is 7.91. The number of hydrogen-bond donors (Lipinski definition) is 4. The second-order valence-corrected chi connectivity index (χ2v) is 11.9. The highest BCUT2D eigenvalue weighted by molar-refractivity contribution is 7.43. The predicted molar refractivity (Wildman–Crippen MR) is 168 cm³/mol. The van der Waals surface area contributed by atoms with Crippen molar-refractivity contribution in [3.8, 4) is 17.6 Å². The molecule has 0 saturated carbocycles. The predicted octanol–water partition coefficient (Wildman–Crippen LogP) is 5.29. The molecular weight excluding hydrogens is 565 g/mol. The first-order valence-electron chi connectivity index (χ1n) is 14.3. The van der Waals surface area contributed by atoms with Crippen molar-refractivity contribution in [2.24, 2.45) is 0 Å². The summed E-state index contributed by atoms with van der Waals surface area (Å²) in [6.07, 6.45) is -0.534. The maximum absolute atomic E-state index is 12.1. The molecule has 43 heavy (non-hydrogen) atoms. The van der Waals surface area contributed by atoms with Gasteiger partial charge < -0.3 is 29.1 Å². The Labute approximate surface area is 256 Å². The summed E-state index contributed by atoms with van der Waals surface area (Å²) in [6, 6.07) is 26.1. The quantitative estimate of drug-likeness (QED) is 0.0973. The van der Waals surface area contributed by atoms with E-state index in [2.05, 4.69) is 16.1 Å². The molecule has 0 amide bonds. The number of ether oxygens (including phenoxy) is 2. The van der Waals surface area contributed by atoms with Crippen LogP contribution in [0.3, 0.4) is 0 Å². The lowest BCUT2D eigenvalue weighted by Gasteiger charge is -2.45. The van der Waals surface area contributed by atoms with Crippen LogP contribution >= 0.6 is 8.53 Å². The van der Waals surface area contributed by atoms with Gasteiger partial charge >= 0.3 is 0 Å². The number of aliphatic hydroxyl groups is 2. The van der Waals surface area contributed by atoms with Crippen LogP contribution in [0.1, 0.15) is 57.2 Å². The third-order valence-electron chi connectivity index (χ3n) is 7.61. The molecule has 2 unspecified atom stereocenters. The van der Waals surface area contributed by atoms with Crippen molar-refractivity contribution in [2.45, 2.75) is 70.0 Å². The van der Waals surface area contributed by atoms with E-state index in [0.29, 0.717) is 28.2 Å². The van der Waals surface area contributed by atoms with Crippen LogP contribution in [0.5, 0.6) is 11.5 Å². The lowest BCUT2D eigenvalue weighted by Crippen LogP contribution is -2.54. The Kier molecular flexibility index (Phi) is 12.5. The molecule has 4 N–H and O–H groups in total. The van der Waals surface area contributed by atoms with Gasteiger partial charge in [0.25, 0.3) is 8.53 Å². The molecule has 10 heteroatoms. The molecule has 3 aromatic rings. The van der Waals surface area contributed by atoms with Gasteiger partial charge in [-0.15, -0.1) is 0 Å². The van der Waals surface area contributed by atoms with Crippen molar-refractivity contribution < 1.29 is 29.1 Å². The number of nitrogens with zero attached hydrogens (tertiary/aromatic N) is 2. The van der Waals surface area contributed by atoms with Crippen molar-refractivity contribution in [2.75, 3.05) is 20.8 Å². The summed E-state index contributed by atoms with van der Waals surface area (Å²) in [5.41, 5.74) is 0.436. The SMILES string of the molecule is COc1ccc(C(c2ccccc2)(c2ccc(OC)cc2)C(O)(O)CCOP(O)NC(CC#N)N(C(C)C)C(C)C)cc1. The molecule has 0 radical (unpaired) electrons. The zero-order chi connectivity index (χ0) is 31.6. The molecule has 0 saturated heterocycles. The molecule has 3 rings (SSSR count). The average molecular weight is 610 g/mol. The Morgan fingerprint density at radius 1 is 0.814 bits per heavy atom. The number of nitriles is 1. The van der Waals surface area contributed by atoms with Gasteiger partial charge in [0, 0.05) is 18.5 Å². The number of rotatable bonds is 16. The van der Waals surface area contributed by atoms with E-state index < -0.39 is 25.9 Å². The number of methoxy groups -OCH3 is 2. The van der Waals surface area contributed by atoms with Crippen molar-refractivity contribution in [1.82, 2.24) is 9.99 Å². The molecule has 3 aromatic carbocycles. The lowest BCUT2D eigenvalue weighted by molar-refractivity contribution is -0.201. The second kappa shape index (κ2) is 15.6. The van der Waals surface area contributed by atoms with Crippen molar-refractivity contribution >= 4 is 8.53 Å². The summed E-state index contributed by atoms with van der Waals surface area (Å²) in [5.74, 6) is -1.13. The molecule has 9 nitrogen and oxygen atoms in total. The molecule has 232 valence electrons. The van der Waals surface area contributed by atoms with E-state index in [1.807, 2.05) is 82.3 Å². The van der Waals surface area contributed by atoms with E-state index in [9.17, 15) is 20.4 Å². The summed E-state index contributed by atoms with van der Waals surface area (Å²) in [7, 11) is 0.975. The van der Waals surface area contributed by atoms with Crippen LogP contribution in [0.25, 0.3) is 0 Å². The minimum atomic E-state index is -2.39. The Morgan fingerprint density at radius 3 is 1.70 bits per heavy atom. The summed E-state index contributed by atoms with van der Waals surface area (Å²) in [6.45, 7) is 7.94. The largest absolute Gasteiger partial charge is 0.497 e. The van der Waals surface area contributed by atoms with Crippen molar-refractivity contribution in [1.29, 1.82) is 5.26 Å². The smallest absolute Gasteiger partial charge is 0.254 e. The fourth-order valence-electron chi connectivity index (χ4n) is 5.81. The highest BCUT2D eigenvalue weighted by atomic mass is 31.2. The van der Waals surface area contributed by atoms with Gasteiger partial charge in [-0.05, 0) is 68.7 Å². The summed E-state index contributed by atoms with van der Waals surface area (Å²) >= 11 is 0. The Bertz CT molecular complexity index is 1240. The van der Waals surface area contributed by atoms with E-state index in [1.54, 1.807) is 38.5 Å². The Morgan fingerprint density at radius 2 is 1.28 bits per heavy atom. The molecule has 0 bridgehead atoms. The van der Waals surface area contributed by atoms with Gasteiger partial charge in [-0.3, -0.25) is 4.90 Å². The first-order chi connectivity index (χ1) is 20.5. The van der Waals surface area contributed by atoms with Gasteiger partial charge in [-0.2, -0.15) is 5.26 Å². The van der Waals surface area contributed by atoms with Gasteiger partial charge in [0.05, 0.1) is 44.9 Å². The van der Waals surface area contributed by atoms with Crippen molar-refractivity contribution in [3.05, 3.63) is 95.6 Å². The standard InChI is InChI=1S/C33H44N3O6P/c1-24(2)36(25(3)4)31(20-22-34)35-43(39)42-23-21-32(37,38)33(26-10-8-7-9-11-26,27-12-16-29(40-5)17-13-27)28-14-18-30(41-6)19-15-28/h7-19,24-25,31,35,37-39H,20-21,23H2,1-6H3. The minimum absolute atomic E-state index is 0.122. The lowest BCUT2D eigenvalue weighted by atomic mass is 9.63. The molecule has 0 fully saturated rings. The van der Waals surface area contributed by atoms with Crippen LogP contribution in [-0.2, 0) is 9.94 Å². The van der Waals surface area contributed by atoms with Crippen LogP contribution in [0.15, 0.2) is 78.9 Å². The number of nitrogens with one attached hydrogen (secondary N) is 1. The van der Waals surface area contributed by atoms with Crippen LogP contribution < -0.4 is 14.6 Å². The first kappa shape index (κ1) is 34.4. The summed E-state index contributed by atoms with van der Waals surface area (Å²) in [5, 5.41) is 36.7. The van der Waals surface area contributed by atoms with E-state index in [0.717, 1.165) is 0 Å². The van der Waals surface area contributed by atoms with Crippen LogP contribution in [0, 0.1) is 11.3 Å². The average Bonchev–Trinajstić information content (AvgIpc) is 2.98. The molecule has 0 aliphatic heterocycles. The molecular formula is C33H44N3O6P. The maximum atomic E-state index is 12.1. The Balaban J connectivity index is 1.99. The van der Waals surface area contributed by atoms with Gasteiger partial charge in [0.1, 0.15) is 11.5 Å². The molecule has 2 atom stereocenters. The monoisotopic (exact) mass is 609 g/mol. The molecule has 0 aliphatic rings. The highest BCUT2D eigenvalue weighted by Gasteiger charge is 2.53. The van der Waals surface area contributed by atoms with E-state index in [-0.39, 0.29) is 31.5 Å². The van der Waals surface area contributed by atoms with Crippen LogP contribution in [-0.4, -0.2) is 64.9 Å². The normalized spacial score (nSPS) is 13.7. The summed E-state index contributed by atoms with van der Waals surface area (Å²) < 4.78 is 16.5. The highest BCUT2D eigenvalue weighted by Crippen LogP contribution is 2.49. The molecule has 0 spiro atoms. The minimum Gasteiger partial charge on any atom is -0.497 e. The third-order valence-corrected chi connectivity index (χ3v) is 8.56. The molecule has 0 aromatic heterocycles. The molecule has 0 heterocycles. The zero-order valence-corrected chi connectivity index (χ0v) is 26.7. The first-order valence-corrected chi connectivity index (χ1v) is 15.5. The molecule has 0 aliphatic carbocycles. The fourth-order valence-corrected chi connectivity index (χ4v) is 6.63. The topological polar surface area (TPSA) is 127 Å². The van der Waals surface area contributed by atoms with Crippen LogP contribution in [0.4, 0.5) is 0 Å². The van der Waals surface area contributed by atoms with E-state index >= 15 is 0 Å². The van der Waals surface area contributed by atoms with Gasteiger partial charge in [-0.25, -0.2) is 5.09 Å². The zero-order valence-electron chi connectivity index (χ0n) is 25.8. The second-order valence-electron chi connectivity index (χ2n) is 10.9. The van der Waals surface area contributed by atoms with Gasteiger partial charge in [-0.1, -0.05) is 54.6 Å². The number of benzene rings is 3. The van der Waals surface area contributed by atoms with Gasteiger partial charge in [0.2, 0.25) is 0 Å².